The fraction of sp³-hybridized carbons (Fsp3) is 0.136. The molecule has 0 bridgehead atoms. The summed E-state index contributed by atoms with van der Waals surface area (Å²) in [6.07, 6.45) is -0.532. The molecule has 0 aliphatic heterocycles. The molecule has 0 aliphatic carbocycles. The van der Waals surface area contributed by atoms with Crippen molar-refractivity contribution < 1.29 is 14.6 Å². The van der Waals surface area contributed by atoms with Crippen LogP contribution in [0.1, 0.15) is 18.1 Å². The molecule has 0 atom stereocenters. The summed E-state index contributed by atoms with van der Waals surface area (Å²) in [7, 11) is 0. The van der Waals surface area contributed by atoms with Crippen molar-refractivity contribution in [3.63, 3.8) is 0 Å². The van der Waals surface area contributed by atoms with E-state index in [4.69, 9.17) is 4.74 Å². The number of hydrogen-bond donors (Lipinski definition) is 2. The Labute approximate surface area is 167 Å². The molecule has 0 saturated heterocycles. The lowest BCUT2D eigenvalue weighted by Gasteiger charge is -2.10. The summed E-state index contributed by atoms with van der Waals surface area (Å²) in [5.74, 6) is -0.00853. The Kier molecular flexibility index (Phi) is 6.09. The number of hydrogen-bond acceptors (Lipinski definition) is 5. The molecule has 29 heavy (non-hydrogen) atoms. The van der Waals surface area contributed by atoms with Crippen LogP contribution in [0.3, 0.4) is 0 Å². The lowest BCUT2D eigenvalue weighted by Crippen LogP contribution is -2.23. The van der Waals surface area contributed by atoms with Crippen LogP contribution in [0.15, 0.2) is 72.0 Å². The number of aromatic nitrogens is 2. The summed E-state index contributed by atoms with van der Waals surface area (Å²) < 4.78 is 6.23. The van der Waals surface area contributed by atoms with Gasteiger partial charge >= 0.3 is 6.09 Å². The molecular formula is C22H21N3O4. The molecule has 0 radical (unpaired) electrons. The number of ether oxygens (including phenoxy) is 1. The number of carbonyl (C=O) groups excluding carboxylic acids is 1. The standard InChI is InChI=1S/C22H21N3O4/c1-3-29-22(28)23-19-6-4-5-16(13-19)14-25-21(27)12-11-20(24-25)18-9-7-17(8-10-18)15(2)26/h4-13,26H,2-3,14H2,1H3,(H,23,28). The molecule has 1 aromatic heterocycles. The van der Waals surface area contributed by atoms with Gasteiger partial charge in [0.15, 0.2) is 0 Å². The molecule has 0 saturated carbocycles. The van der Waals surface area contributed by atoms with Gasteiger partial charge in [-0.3, -0.25) is 10.1 Å². The fourth-order valence-electron chi connectivity index (χ4n) is 2.75. The second kappa shape index (κ2) is 8.88. The summed E-state index contributed by atoms with van der Waals surface area (Å²) >= 11 is 0. The van der Waals surface area contributed by atoms with E-state index in [0.29, 0.717) is 16.9 Å². The van der Waals surface area contributed by atoms with E-state index in [9.17, 15) is 14.7 Å². The molecular weight excluding hydrogens is 370 g/mol. The molecule has 1 heterocycles. The summed E-state index contributed by atoms with van der Waals surface area (Å²) in [6, 6.07) is 17.3. The smallest absolute Gasteiger partial charge is 0.411 e. The van der Waals surface area contributed by atoms with Crippen LogP contribution in [0.4, 0.5) is 10.5 Å². The Morgan fingerprint density at radius 3 is 2.62 bits per heavy atom. The van der Waals surface area contributed by atoms with Crippen LogP contribution >= 0.6 is 0 Å². The van der Waals surface area contributed by atoms with Gasteiger partial charge in [-0.15, -0.1) is 0 Å². The van der Waals surface area contributed by atoms with Gasteiger partial charge in [0, 0.05) is 22.9 Å². The SMILES string of the molecule is C=C(O)c1ccc(-c2ccc(=O)n(Cc3cccc(NC(=O)OCC)c3)n2)cc1. The van der Waals surface area contributed by atoms with Crippen LogP contribution in [-0.2, 0) is 11.3 Å². The van der Waals surface area contributed by atoms with Crippen LogP contribution in [0.25, 0.3) is 17.0 Å². The molecule has 2 N–H and O–H groups in total. The van der Waals surface area contributed by atoms with Crippen molar-refractivity contribution in [3.8, 4) is 11.3 Å². The predicted molar refractivity (Wildman–Crippen MR) is 112 cm³/mol. The molecule has 3 rings (SSSR count). The van der Waals surface area contributed by atoms with E-state index in [1.165, 1.54) is 10.7 Å². The molecule has 7 nitrogen and oxygen atoms in total. The van der Waals surface area contributed by atoms with Crippen molar-refractivity contribution >= 4 is 17.5 Å². The normalized spacial score (nSPS) is 10.4. The number of carbonyl (C=O) groups is 1. The molecule has 2 aromatic carbocycles. The topological polar surface area (TPSA) is 93.5 Å². The summed E-state index contributed by atoms with van der Waals surface area (Å²) in [6.45, 7) is 5.76. The molecule has 3 aromatic rings. The number of nitrogens with zero attached hydrogens (tertiary/aromatic N) is 2. The van der Waals surface area contributed by atoms with E-state index in [2.05, 4.69) is 17.0 Å². The second-order valence-corrected chi connectivity index (χ2v) is 6.28. The van der Waals surface area contributed by atoms with Crippen LogP contribution in [0.2, 0.25) is 0 Å². The number of anilines is 1. The van der Waals surface area contributed by atoms with Gasteiger partial charge in [0.1, 0.15) is 5.76 Å². The highest BCUT2D eigenvalue weighted by Crippen LogP contribution is 2.19. The van der Waals surface area contributed by atoms with Crippen LogP contribution < -0.4 is 10.9 Å². The van der Waals surface area contributed by atoms with E-state index in [0.717, 1.165) is 11.1 Å². The average Bonchev–Trinajstić information content (AvgIpc) is 2.70. The van der Waals surface area contributed by atoms with Crippen molar-refractivity contribution in [1.82, 2.24) is 9.78 Å². The zero-order valence-corrected chi connectivity index (χ0v) is 16.0. The minimum atomic E-state index is -0.532. The maximum atomic E-state index is 12.3. The van der Waals surface area contributed by atoms with E-state index in [1.54, 1.807) is 55.5 Å². The van der Waals surface area contributed by atoms with E-state index >= 15 is 0 Å². The number of benzene rings is 2. The summed E-state index contributed by atoms with van der Waals surface area (Å²) in [5.41, 5.74) is 3.19. The van der Waals surface area contributed by atoms with Gasteiger partial charge in [-0.25, -0.2) is 9.48 Å². The van der Waals surface area contributed by atoms with Gasteiger partial charge in [-0.1, -0.05) is 43.0 Å². The first kappa shape index (κ1) is 19.9. The molecule has 0 spiro atoms. The lowest BCUT2D eigenvalue weighted by atomic mass is 10.1. The number of rotatable bonds is 6. The molecule has 1 amide bonds. The third kappa shape index (κ3) is 5.10. The molecule has 0 aliphatic rings. The van der Waals surface area contributed by atoms with Gasteiger partial charge in [0.25, 0.3) is 5.56 Å². The van der Waals surface area contributed by atoms with Crippen LogP contribution in [0, 0.1) is 0 Å². The maximum absolute atomic E-state index is 12.3. The molecule has 7 heteroatoms. The zero-order valence-electron chi connectivity index (χ0n) is 16.0. The quantitative estimate of drug-likeness (QED) is 0.618. The Hall–Kier alpha value is -3.87. The fourth-order valence-corrected chi connectivity index (χ4v) is 2.75. The van der Waals surface area contributed by atoms with Gasteiger partial charge < -0.3 is 9.84 Å². The summed E-state index contributed by atoms with van der Waals surface area (Å²) in [4.78, 5) is 23.8. The van der Waals surface area contributed by atoms with Crippen LogP contribution in [-0.4, -0.2) is 27.6 Å². The Balaban J connectivity index is 1.83. The van der Waals surface area contributed by atoms with E-state index in [1.807, 2.05) is 6.07 Å². The van der Waals surface area contributed by atoms with Crippen molar-refractivity contribution in [2.75, 3.05) is 11.9 Å². The van der Waals surface area contributed by atoms with Gasteiger partial charge in [0.2, 0.25) is 0 Å². The van der Waals surface area contributed by atoms with E-state index in [-0.39, 0.29) is 24.5 Å². The second-order valence-electron chi connectivity index (χ2n) is 6.28. The first-order valence-electron chi connectivity index (χ1n) is 9.06. The number of nitrogens with one attached hydrogen (secondary N) is 1. The Morgan fingerprint density at radius 1 is 1.17 bits per heavy atom. The van der Waals surface area contributed by atoms with Gasteiger partial charge in [0.05, 0.1) is 18.8 Å². The van der Waals surface area contributed by atoms with Crippen molar-refractivity contribution in [2.24, 2.45) is 0 Å². The van der Waals surface area contributed by atoms with Crippen LogP contribution in [0.5, 0.6) is 0 Å². The zero-order chi connectivity index (χ0) is 20.8. The van der Waals surface area contributed by atoms with Crippen molar-refractivity contribution in [1.29, 1.82) is 0 Å². The monoisotopic (exact) mass is 391 g/mol. The highest BCUT2D eigenvalue weighted by Gasteiger charge is 2.07. The largest absolute Gasteiger partial charge is 0.508 e. The molecule has 0 unspecified atom stereocenters. The third-order valence-corrected chi connectivity index (χ3v) is 4.16. The highest BCUT2D eigenvalue weighted by atomic mass is 16.5. The Bertz CT molecular complexity index is 1090. The van der Waals surface area contributed by atoms with Crippen molar-refractivity contribution in [3.05, 3.63) is 88.7 Å². The number of amides is 1. The van der Waals surface area contributed by atoms with Gasteiger partial charge in [-0.2, -0.15) is 5.10 Å². The Morgan fingerprint density at radius 2 is 1.93 bits per heavy atom. The van der Waals surface area contributed by atoms with Crippen molar-refractivity contribution in [2.45, 2.75) is 13.5 Å². The minimum Gasteiger partial charge on any atom is -0.508 e. The summed E-state index contributed by atoms with van der Waals surface area (Å²) in [5, 5.41) is 16.5. The maximum Gasteiger partial charge on any atom is 0.411 e. The third-order valence-electron chi connectivity index (χ3n) is 4.16. The first-order chi connectivity index (χ1) is 14.0. The molecule has 148 valence electrons. The molecule has 0 fully saturated rings. The lowest BCUT2D eigenvalue weighted by molar-refractivity contribution is 0.168. The predicted octanol–water partition coefficient (Wildman–Crippen LogP) is 4.06. The van der Waals surface area contributed by atoms with Gasteiger partial charge in [-0.05, 0) is 30.7 Å². The number of aliphatic hydroxyl groups is 1. The van der Waals surface area contributed by atoms with E-state index < -0.39 is 6.09 Å². The minimum absolute atomic E-state index is 0.00853. The number of aliphatic hydroxyl groups excluding tert-OH is 1. The highest BCUT2D eigenvalue weighted by molar-refractivity contribution is 5.84. The first-order valence-corrected chi connectivity index (χ1v) is 9.06. The average molecular weight is 391 g/mol.